The van der Waals surface area contributed by atoms with Gasteiger partial charge in [0.25, 0.3) is 5.91 Å². The van der Waals surface area contributed by atoms with Crippen LogP contribution >= 0.6 is 0 Å². The second-order valence-corrected chi connectivity index (χ2v) is 9.38. The van der Waals surface area contributed by atoms with Crippen molar-refractivity contribution in [2.45, 2.75) is 24.8 Å². The van der Waals surface area contributed by atoms with Crippen LogP contribution in [0.1, 0.15) is 21.9 Å². The number of fused-ring (bicyclic) bond motifs is 1. The molecule has 172 valence electrons. The lowest BCUT2D eigenvalue weighted by molar-refractivity contribution is -0.142. The third-order valence-electron chi connectivity index (χ3n) is 5.53. The summed E-state index contributed by atoms with van der Waals surface area (Å²) in [6.45, 7) is 3.60. The number of hydrogen-bond acceptors (Lipinski definition) is 8. The van der Waals surface area contributed by atoms with E-state index in [-0.39, 0.29) is 60.7 Å². The van der Waals surface area contributed by atoms with Crippen LogP contribution in [0.2, 0.25) is 0 Å². The van der Waals surface area contributed by atoms with Crippen LogP contribution < -0.4 is 9.47 Å². The number of piperazine rings is 1. The largest absolute Gasteiger partial charge is 0.485 e. The molecule has 1 atom stereocenters. The lowest BCUT2D eigenvalue weighted by Gasteiger charge is -2.36. The molecule has 32 heavy (non-hydrogen) atoms. The van der Waals surface area contributed by atoms with E-state index < -0.39 is 22.1 Å². The molecule has 2 aromatic rings. The topological polar surface area (TPSA) is 116 Å². The monoisotopic (exact) mass is 464 g/mol. The fourth-order valence-electron chi connectivity index (χ4n) is 3.93. The highest BCUT2D eigenvalue weighted by Gasteiger charge is 2.39. The maximum Gasteiger partial charge on any atom is 0.342 e. The molecule has 1 fully saturated rings. The third kappa shape index (κ3) is 3.82. The van der Waals surface area contributed by atoms with Crippen LogP contribution in [0.25, 0.3) is 0 Å². The number of ether oxygens (including phenoxy) is 3. The van der Waals surface area contributed by atoms with Gasteiger partial charge >= 0.3 is 5.97 Å². The number of aryl methyl sites for hydroxylation is 2. The average molecular weight is 464 g/mol. The molecule has 10 nitrogen and oxygen atoms in total. The highest BCUT2D eigenvalue weighted by molar-refractivity contribution is 7.89. The summed E-state index contributed by atoms with van der Waals surface area (Å²) in [4.78, 5) is 26.4. The Morgan fingerprint density at radius 2 is 1.69 bits per heavy atom. The van der Waals surface area contributed by atoms with E-state index in [0.29, 0.717) is 11.5 Å². The lowest BCUT2D eigenvalue weighted by atomic mass is 10.2. The summed E-state index contributed by atoms with van der Waals surface area (Å²) in [6, 6.07) is 7.11. The van der Waals surface area contributed by atoms with Crippen molar-refractivity contribution < 1.29 is 36.6 Å². The minimum absolute atomic E-state index is 0.0719. The number of furan rings is 1. The molecule has 0 spiro atoms. The number of sulfonamides is 1. The summed E-state index contributed by atoms with van der Waals surface area (Å²) in [6.07, 6.45) is -0.794. The van der Waals surface area contributed by atoms with Gasteiger partial charge in [-0.15, -0.1) is 0 Å². The number of nitrogens with zero attached hydrogens (tertiary/aromatic N) is 2. The number of methoxy groups -OCH3 is 1. The molecule has 2 aliphatic heterocycles. The Bertz CT molecular complexity index is 1150. The Balaban J connectivity index is 1.46. The van der Waals surface area contributed by atoms with Crippen LogP contribution in [-0.4, -0.2) is 75.5 Å². The van der Waals surface area contributed by atoms with E-state index in [1.807, 2.05) is 6.07 Å². The first kappa shape index (κ1) is 22.2. The van der Waals surface area contributed by atoms with Gasteiger partial charge in [-0.25, -0.2) is 13.2 Å². The summed E-state index contributed by atoms with van der Waals surface area (Å²) >= 11 is 0. The van der Waals surface area contributed by atoms with Crippen LogP contribution in [0.15, 0.2) is 33.6 Å². The van der Waals surface area contributed by atoms with Gasteiger partial charge in [0.1, 0.15) is 28.6 Å². The third-order valence-corrected chi connectivity index (χ3v) is 7.58. The minimum Gasteiger partial charge on any atom is -0.485 e. The molecule has 1 unspecified atom stereocenters. The van der Waals surface area contributed by atoms with Crippen LogP contribution in [0, 0.1) is 13.8 Å². The predicted molar refractivity (Wildman–Crippen MR) is 111 cm³/mol. The molecule has 2 aliphatic rings. The zero-order chi connectivity index (χ0) is 23.0. The van der Waals surface area contributed by atoms with Crippen LogP contribution in [-0.2, 0) is 19.6 Å². The second-order valence-electron chi connectivity index (χ2n) is 7.50. The van der Waals surface area contributed by atoms with Gasteiger partial charge in [-0.05, 0) is 26.0 Å². The van der Waals surface area contributed by atoms with Gasteiger partial charge in [0.2, 0.25) is 16.1 Å². The second kappa shape index (κ2) is 8.47. The number of esters is 1. The van der Waals surface area contributed by atoms with Crippen molar-refractivity contribution in [2.24, 2.45) is 0 Å². The first-order valence-corrected chi connectivity index (χ1v) is 11.5. The van der Waals surface area contributed by atoms with E-state index in [4.69, 9.17) is 18.6 Å². The Morgan fingerprint density at radius 3 is 2.34 bits per heavy atom. The van der Waals surface area contributed by atoms with Crippen molar-refractivity contribution >= 4 is 21.9 Å². The van der Waals surface area contributed by atoms with Crippen LogP contribution in [0.5, 0.6) is 11.5 Å². The van der Waals surface area contributed by atoms with Gasteiger partial charge < -0.3 is 23.5 Å². The Kier molecular flexibility index (Phi) is 5.87. The quantitative estimate of drug-likeness (QED) is 0.623. The van der Waals surface area contributed by atoms with Gasteiger partial charge in [-0.2, -0.15) is 4.31 Å². The summed E-state index contributed by atoms with van der Waals surface area (Å²) in [5.41, 5.74) is -0.102. The maximum atomic E-state index is 13.3. The molecule has 1 aromatic heterocycles. The van der Waals surface area contributed by atoms with Gasteiger partial charge in [0.05, 0.1) is 7.11 Å². The normalized spacial score (nSPS) is 19.0. The van der Waals surface area contributed by atoms with E-state index in [2.05, 4.69) is 0 Å². The zero-order valence-electron chi connectivity index (χ0n) is 18.0. The highest BCUT2D eigenvalue weighted by Crippen LogP contribution is 2.32. The Hall–Kier alpha value is -3.05. The van der Waals surface area contributed by atoms with Crippen LogP contribution in [0.4, 0.5) is 0 Å². The van der Waals surface area contributed by atoms with Crippen molar-refractivity contribution in [3.63, 3.8) is 0 Å². The number of benzene rings is 1. The Labute approximate surface area is 185 Å². The predicted octanol–water partition coefficient (Wildman–Crippen LogP) is 1.36. The van der Waals surface area contributed by atoms with E-state index in [9.17, 15) is 18.0 Å². The molecular formula is C21H24N2O8S. The van der Waals surface area contributed by atoms with E-state index in [1.54, 1.807) is 23.1 Å². The number of carbonyl (C=O) groups is 2. The molecule has 1 saturated heterocycles. The van der Waals surface area contributed by atoms with Crippen LogP contribution in [0.3, 0.4) is 0 Å². The number of carbonyl (C=O) groups excluding carboxylic acids is 2. The van der Waals surface area contributed by atoms with Crippen molar-refractivity contribution in [1.82, 2.24) is 9.21 Å². The highest BCUT2D eigenvalue weighted by atomic mass is 32.2. The summed E-state index contributed by atoms with van der Waals surface area (Å²) < 4.78 is 49.3. The number of amides is 1. The smallest absolute Gasteiger partial charge is 0.342 e. The molecule has 0 bridgehead atoms. The van der Waals surface area contributed by atoms with E-state index >= 15 is 0 Å². The molecular weight excluding hydrogens is 440 g/mol. The standard InChI is InChI=1S/C21H24N2O8S/c1-13-18(21(25)28-3)19(14(2)30-13)32(26,27)23-10-8-22(9-11-23)20(24)17-12-29-15-6-4-5-7-16(15)31-17/h4-7,17H,8-12H2,1-3H3. The maximum absolute atomic E-state index is 13.3. The molecule has 1 aromatic carbocycles. The lowest BCUT2D eigenvalue weighted by Crippen LogP contribution is -2.55. The Morgan fingerprint density at radius 1 is 1.03 bits per heavy atom. The SMILES string of the molecule is COC(=O)c1c(C)oc(C)c1S(=O)(=O)N1CCN(C(=O)C2COc3ccccc3O2)CC1. The summed E-state index contributed by atoms with van der Waals surface area (Å²) in [5.74, 6) is 0.340. The average Bonchev–Trinajstić information content (AvgIpc) is 3.12. The number of hydrogen-bond donors (Lipinski definition) is 0. The summed E-state index contributed by atoms with van der Waals surface area (Å²) in [5, 5.41) is 0. The van der Waals surface area contributed by atoms with Gasteiger partial charge in [0, 0.05) is 26.2 Å². The molecule has 0 aliphatic carbocycles. The molecule has 0 N–H and O–H groups in total. The molecule has 1 amide bonds. The molecule has 0 radical (unpaired) electrons. The molecule has 4 rings (SSSR count). The van der Waals surface area contributed by atoms with Crippen molar-refractivity contribution in [3.05, 3.63) is 41.3 Å². The van der Waals surface area contributed by atoms with Crippen molar-refractivity contribution in [2.75, 3.05) is 39.9 Å². The minimum atomic E-state index is -4.03. The van der Waals surface area contributed by atoms with E-state index in [0.717, 1.165) is 0 Å². The van der Waals surface area contributed by atoms with Crippen molar-refractivity contribution in [1.29, 1.82) is 0 Å². The first-order valence-electron chi connectivity index (χ1n) is 10.1. The fourth-order valence-corrected chi connectivity index (χ4v) is 5.73. The van der Waals surface area contributed by atoms with E-state index in [1.165, 1.54) is 25.3 Å². The van der Waals surface area contributed by atoms with Crippen molar-refractivity contribution in [3.8, 4) is 11.5 Å². The van der Waals surface area contributed by atoms with Gasteiger partial charge in [0.15, 0.2) is 11.5 Å². The fraction of sp³-hybridized carbons (Fsp3) is 0.429. The zero-order valence-corrected chi connectivity index (χ0v) is 18.8. The van der Waals surface area contributed by atoms with Gasteiger partial charge in [-0.1, -0.05) is 12.1 Å². The molecule has 3 heterocycles. The number of para-hydroxylation sites is 2. The van der Waals surface area contributed by atoms with Gasteiger partial charge in [-0.3, -0.25) is 4.79 Å². The molecule has 11 heteroatoms. The first-order chi connectivity index (χ1) is 15.2. The summed E-state index contributed by atoms with van der Waals surface area (Å²) in [7, 11) is -2.85. The molecule has 0 saturated carbocycles. The number of rotatable bonds is 4.